The van der Waals surface area contributed by atoms with E-state index in [2.05, 4.69) is 16.8 Å². The van der Waals surface area contributed by atoms with Crippen LogP contribution >= 0.6 is 11.6 Å². The van der Waals surface area contributed by atoms with Crippen LogP contribution in [0.2, 0.25) is 5.02 Å². The molecule has 0 aliphatic carbocycles. The summed E-state index contributed by atoms with van der Waals surface area (Å²) in [7, 11) is -3.70. The zero-order valence-electron chi connectivity index (χ0n) is 15.1. The van der Waals surface area contributed by atoms with Crippen LogP contribution in [0, 0.1) is 17.8 Å². The van der Waals surface area contributed by atoms with Crippen LogP contribution in [0.5, 0.6) is 0 Å². The molecule has 0 saturated carbocycles. The molecule has 0 bridgehead atoms. The average molecular weight is 415 g/mol. The molecule has 1 aliphatic rings. The number of carbonyl (C=O) groups is 1. The lowest BCUT2D eigenvalue weighted by Crippen LogP contribution is -2.50. The molecule has 0 spiro atoms. The number of rotatable bonds is 6. The molecule has 1 saturated heterocycles. The van der Waals surface area contributed by atoms with Gasteiger partial charge in [-0.15, -0.1) is 5.92 Å². The monoisotopic (exact) mass is 414 g/mol. The predicted octanol–water partition coefficient (Wildman–Crippen LogP) is 1.11. The molecule has 148 valence electrons. The van der Waals surface area contributed by atoms with E-state index >= 15 is 0 Å². The number of aromatic nitrogens is 1. The Balaban J connectivity index is 2.01. The van der Waals surface area contributed by atoms with Crippen LogP contribution in [-0.2, 0) is 14.8 Å². The van der Waals surface area contributed by atoms with Gasteiger partial charge in [-0.25, -0.2) is 18.9 Å². The van der Waals surface area contributed by atoms with Crippen LogP contribution in [-0.4, -0.2) is 60.8 Å². The lowest BCUT2D eigenvalue weighted by molar-refractivity contribution is -0.131. The fraction of sp³-hybridized carbons (Fsp3) is 0.529. The molecule has 10 heteroatoms. The quantitative estimate of drug-likeness (QED) is 0.410. The molecule has 0 aromatic carbocycles. The average Bonchev–Trinajstić information content (AvgIpc) is 2.67. The Kier molecular flexibility index (Phi) is 7.86. The van der Waals surface area contributed by atoms with E-state index in [9.17, 15) is 13.2 Å². The minimum atomic E-state index is -3.70. The topological polar surface area (TPSA) is 103 Å². The van der Waals surface area contributed by atoms with Crippen molar-refractivity contribution >= 4 is 33.3 Å². The summed E-state index contributed by atoms with van der Waals surface area (Å²) in [5, 5.41) is 9.39. The zero-order chi connectivity index (χ0) is 19.9. The molecule has 1 atom stereocenters. The first-order chi connectivity index (χ1) is 12.9. The normalized spacial score (nSPS) is 16.3. The molecule has 2 heterocycles. The van der Waals surface area contributed by atoms with Gasteiger partial charge in [-0.3, -0.25) is 10.0 Å². The van der Waals surface area contributed by atoms with Gasteiger partial charge < -0.3 is 4.90 Å². The van der Waals surface area contributed by atoms with Crippen LogP contribution < -0.4 is 10.4 Å². The van der Waals surface area contributed by atoms with E-state index in [4.69, 9.17) is 16.8 Å². The highest BCUT2D eigenvalue weighted by atomic mass is 35.5. The van der Waals surface area contributed by atoms with Crippen LogP contribution in [0.4, 0.5) is 5.82 Å². The SMILES string of the molecule is CCCC#CC(CS(=O)(=O)N1CCN(c2ccc(Cl)cn2)CC1)C(=O)NO. The van der Waals surface area contributed by atoms with Gasteiger partial charge in [-0.05, 0) is 18.6 Å². The lowest BCUT2D eigenvalue weighted by Gasteiger charge is -2.34. The Morgan fingerprint density at radius 2 is 2.07 bits per heavy atom. The van der Waals surface area contributed by atoms with E-state index in [1.165, 1.54) is 9.79 Å². The Hall–Kier alpha value is -1.86. The van der Waals surface area contributed by atoms with Crippen molar-refractivity contribution in [2.75, 3.05) is 36.8 Å². The standard InChI is InChI=1S/C17H23ClN4O4S/c1-2-3-4-5-14(17(23)20-24)13-27(25,26)22-10-8-21(9-11-22)16-7-6-15(18)12-19-16/h6-7,12,14,24H,2-3,8-11,13H2,1H3,(H,20,23). The highest BCUT2D eigenvalue weighted by molar-refractivity contribution is 7.89. The fourth-order valence-electron chi connectivity index (χ4n) is 2.65. The van der Waals surface area contributed by atoms with Crippen LogP contribution in [0.15, 0.2) is 18.3 Å². The lowest BCUT2D eigenvalue weighted by atomic mass is 10.1. The number of piperazine rings is 1. The molecule has 0 radical (unpaired) electrons. The van der Waals surface area contributed by atoms with Gasteiger partial charge in [-0.1, -0.05) is 24.4 Å². The summed E-state index contributed by atoms with van der Waals surface area (Å²) in [5.74, 6) is 3.77. The molecule has 1 aromatic heterocycles. The molecule has 1 amide bonds. The molecule has 8 nitrogen and oxygen atoms in total. The zero-order valence-corrected chi connectivity index (χ0v) is 16.6. The first-order valence-electron chi connectivity index (χ1n) is 8.64. The van der Waals surface area contributed by atoms with Crippen molar-refractivity contribution in [3.63, 3.8) is 0 Å². The summed E-state index contributed by atoms with van der Waals surface area (Å²) in [5.41, 5.74) is 1.50. The fourth-order valence-corrected chi connectivity index (χ4v) is 4.35. The summed E-state index contributed by atoms with van der Waals surface area (Å²) in [6.07, 6.45) is 2.91. The summed E-state index contributed by atoms with van der Waals surface area (Å²) in [6, 6.07) is 3.53. The Morgan fingerprint density at radius 1 is 1.37 bits per heavy atom. The number of anilines is 1. The second-order valence-electron chi connectivity index (χ2n) is 6.10. The number of nitrogens with one attached hydrogen (secondary N) is 1. The Bertz CT molecular complexity index is 796. The first-order valence-corrected chi connectivity index (χ1v) is 10.6. The third-order valence-corrected chi connectivity index (χ3v) is 6.25. The van der Waals surface area contributed by atoms with E-state index in [0.29, 0.717) is 24.5 Å². The van der Waals surface area contributed by atoms with E-state index in [1.54, 1.807) is 18.3 Å². The van der Waals surface area contributed by atoms with E-state index in [0.717, 1.165) is 12.2 Å². The second-order valence-corrected chi connectivity index (χ2v) is 8.55. The van der Waals surface area contributed by atoms with Crippen molar-refractivity contribution in [3.8, 4) is 11.8 Å². The maximum atomic E-state index is 12.7. The number of sulfonamides is 1. The van der Waals surface area contributed by atoms with Gasteiger partial charge in [0.05, 0.1) is 10.8 Å². The minimum Gasteiger partial charge on any atom is -0.354 e. The molecule has 1 aromatic rings. The highest BCUT2D eigenvalue weighted by Crippen LogP contribution is 2.18. The van der Waals surface area contributed by atoms with E-state index in [1.807, 2.05) is 11.8 Å². The Labute approximate surface area is 164 Å². The summed E-state index contributed by atoms with van der Waals surface area (Å²) in [4.78, 5) is 18.0. The van der Waals surface area contributed by atoms with Gasteiger partial charge in [0.2, 0.25) is 10.0 Å². The summed E-state index contributed by atoms with van der Waals surface area (Å²) < 4.78 is 26.7. The largest absolute Gasteiger partial charge is 0.354 e. The van der Waals surface area contributed by atoms with E-state index in [-0.39, 0.29) is 13.1 Å². The summed E-state index contributed by atoms with van der Waals surface area (Å²) >= 11 is 5.83. The van der Waals surface area contributed by atoms with E-state index < -0.39 is 27.6 Å². The number of pyridine rings is 1. The van der Waals surface area contributed by atoms with Crippen molar-refractivity contribution in [1.29, 1.82) is 0 Å². The van der Waals surface area contributed by atoms with Gasteiger partial charge in [-0.2, -0.15) is 4.31 Å². The molecule has 27 heavy (non-hydrogen) atoms. The second kappa shape index (κ2) is 9.90. The molecule has 1 unspecified atom stereocenters. The number of hydrogen-bond acceptors (Lipinski definition) is 6. The predicted molar refractivity (Wildman–Crippen MR) is 103 cm³/mol. The number of hydrogen-bond donors (Lipinski definition) is 2. The maximum Gasteiger partial charge on any atom is 0.259 e. The number of halogens is 1. The molecule has 1 fully saturated rings. The minimum absolute atomic E-state index is 0.280. The van der Waals surface area contributed by atoms with Crippen LogP contribution in [0.1, 0.15) is 19.8 Å². The molecular weight excluding hydrogens is 392 g/mol. The van der Waals surface area contributed by atoms with Crippen molar-refractivity contribution in [2.45, 2.75) is 19.8 Å². The summed E-state index contributed by atoms with van der Waals surface area (Å²) in [6.45, 7) is 3.45. The number of nitrogens with zero attached hydrogens (tertiary/aromatic N) is 3. The number of unbranched alkanes of at least 4 members (excludes halogenated alkanes) is 1. The number of amides is 1. The van der Waals surface area contributed by atoms with Crippen molar-refractivity contribution < 1.29 is 18.4 Å². The van der Waals surface area contributed by atoms with Gasteiger partial charge in [0.1, 0.15) is 11.7 Å². The molecule has 1 aliphatic heterocycles. The maximum absolute atomic E-state index is 12.7. The van der Waals surface area contributed by atoms with Gasteiger partial charge >= 0.3 is 0 Å². The first kappa shape index (κ1) is 21.4. The third-order valence-electron chi connectivity index (χ3n) is 4.12. The van der Waals surface area contributed by atoms with Crippen LogP contribution in [0.25, 0.3) is 0 Å². The number of carbonyl (C=O) groups excluding carboxylic acids is 1. The smallest absolute Gasteiger partial charge is 0.259 e. The number of hydroxylamine groups is 1. The van der Waals surface area contributed by atoms with Crippen molar-refractivity contribution in [3.05, 3.63) is 23.4 Å². The van der Waals surface area contributed by atoms with Gasteiger partial charge in [0, 0.05) is 38.8 Å². The van der Waals surface area contributed by atoms with Crippen LogP contribution in [0.3, 0.4) is 0 Å². The van der Waals surface area contributed by atoms with Crippen molar-refractivity contribution in [2.24, 2.45) is 5.92 Å². The highest BCUT2D eigenvalue weighted by Gasteiger charge is 2.31. The third kappa shape index (κ3) is 6.07. The molecular formula is C17H23ClN4O4S. The Morgan fingerprint density at radius 3 is 2.63 bits per heavy atom. The van der Waals surface area contributed by atoms with Gasteiger partial charge in [0.15, 0.2) is 0 Å². The van der Waals surface area contributed by atoms with Crippen molar-refractivity contribution in [1.82, 2.24) is 14.8 Å². The molecule has 2 N–H and O–H groups in total. The molecule has 2 rings (SSSR count). The van der Waals surface area contributed by atoms with Gasteiger partial charge in [0.25, 0.3) is 5.91 Å².